The molecule has 2 fully saturated rings. The molecular formula is C18H19FN4O2S. The van der Waals surface area contributed by atoms with Crippen LogP contribution in [0.15, 0.2) is 24.3 Å². The summed E-state index contributed by atoms with van der Waals surface area (Å²) >= 11 is 1.11. The Labute approximate surface area is 154 Å². The lowest BCUT2D eigenvalue weighted by molar-refractivity contribution is -0.134. The normalized spacial score (nSPS) is 22.4. The summed E-state index contributed by atoms with van der Waals surface area (Å²) in [6.07, 6.45) is 0.815. The number of carbonyl (C=O) groups excluding carboxylic acids is 2. The number of aryl methyl sites for hydroxylation is 1. The van der Waals surface area contributed by atoms with Gasteiger partial charge in [0.05, 0.1) is 5.69 Å². The Balaban J connectivity index is 1.32. The third-order valence-corrected chi connectivity index (χ3v) is 5.95. The maximum atomic E-state index is 13.0. The highest BCUT2D eigenvalue weighted by Crippen LogP contribution is 2.48. The van der Waals surface area contributed by atoms with Gasteiger partial charge >= 0.3 is 0 Å². The van der Waals surface area contributed by atoms with E-state index in [0.717, 1.165) is 23.5 Å². The van der Waals surface area contributed by atoms with Crippen LogP contribution in [0, 0.1) is 18.7 Å². The number of halogens is 1. The van der Waals surface area contributed by atoms with Gasteiger partial charge < -0.3 is 9.80 Å². The highest BCUT2D eigenvalue weighted by molar-refractivity contribution is 7.07. The number of piperazine rings is 1. The molecule has 26 heavy (non-hydrogen) atoms. The molecule has 2 unspecified atom stereocenters. The van der Waals surface area contributed by atoms with Crippen LogP contribution in [0.25, 0.3) is 0 Å². The Hall–Kier alpha value is -2.35. The van der Waals surface area contributed by atoms with E-state index in [0.29, 0.717) is 36.8 Å². The molecule has 2 atom stereocenters. The van der Waals surface area contributed by atoms with Crippen LogP contribution in [-0.4, -0.2) is 57.4 Å². The first-order chi connectivity index (χ1) is 12.5. The molecule has 6 nitrogen and oxygen atoms in total. The molecule has 0 radical (unpaired) electrons. The molecule has 4 rings (SSSR count). The van der Waals surface area contributed by atoms with Crippen molar-refractivity contribution in [2.45, 2.75) is 19.3 Å². The molecule has 0 N–H and O–H groups in total. The predicted molar refractivity (Wildman–Crippen MR) is 94.4 cm³/mol. The third-order valence-electron chi connectivity index (χ3n) is 5.13. The monoisotopic (exact) mass is 374 g/mol. The maximum Gasteiger partial charge on any atom is 0.267 e. The Morgan fingerprint density at radius 2 is 1.77 bits per heavy atom. The minimum atomic E-state index is -0.260. The number of aromatic nitrogens is 2. The number of rotatable bonds is 3. The number of benzene rings is 1. The summed E-state index contributed by atoms with van der Waals surface area (Å²) in [5.74, 6) is -0.00366. The lowest BCUT2D eigenvalue weighted by Gasteiger charge is -2.34. The van der Waals surface area contributed by atoms with E-state index in [-0.39, 0.29) is 29.5 Å². The van der Waals surface area contributed by atoms with Gasteiger partial charge in [-0.2, -0.15) is 0 Å². The molecule has 1 aliphatic carbocycles. The van der Waals surface area contributed by atoms with E-state index in [9.17, 15) is 14.0 Å². The summed E-state index contributed by atoms with van der Waals surface area (Å²) < 4.78 is 16.8. The van der Waals surface area contributed by atoms with Gasteiger partial charge in [-0.25, -0.2) is 4.39 Å². The van der Waals surface area contributed by atoms with Crippen molar-refractivity contribution in [1.29, 1.82) is 0 Å². The summed E-state index contributed by atoms with van der Waals surface area (Å²) in [5.41, 5.74) is 1.67. The lowest BCUT2D eigenvalue weighted by atomic mass is 10.1. The number of carbonyl (C=O) groups is 2. The zero-order chi connectivity index (χ0) is 18.3. The van der Waals surface area contributed by atoms with Crippen molar-refractivity contribution in [3.8, 4) is 0 Å². The quantitative estimate of drug-likeness (QED) is 0.825. The first-order valence-corrected chi connectivity index (χ1v) is 9.44. The topological polar surface area (TPSA) is 66.4 Å². The van der Waals surface area contributed by atoms with Crippen LogP contribution in [-0.2, 0) is 4.79 Å². The second kappa shape index (κ2) is 6.75. The Morgan fingerprint density at radius 1 is 1.12 bits per heavy atom. The smallest absolute Gasteiger partial charge is 0.267 e. The number of hydrogen-bond acceptors (Lipinski definition) is 5. The molecule has 1 saturated heterocycles. The fraction of sp³-hybridized carbons (Fsp3) is 0.444. The second-order valence-electron chi connectivity index (χ2n) is 6.81. The average molecular weight is 374 g/mol. The number of amides is 2. The fourth-order valence-electron chi connectivity index (χ4n) is 3.48. The van der Waals surface area contributed by atoms with Crippen molar-refractivity contribution >= 4 is 23.3 Å². The molecule has 2 aliphatic rings. The molecule has 2 amide bonds. The Morgan fingerprint density at radius 3 is 2.38 bits per heavy atom. The molecule has 1 saturated carbocycles. The van der Waals surface area contributed by atoms with E-state index in [4.69, 9.17) is 0 Å². The zero-order valence-electron chi connectivity index (χ0n) is 14.4. The predicted octanol–water partition coefficient (Wildman–Crippen LogP) is 2.07. The SMILES string of the molecule is Cc1nnsc1C(=O)N1CCN(C(=O)C2CC2c2ccc(F)cc2)CC1. The van der Waals surface area contributed by atoms with E-state index in [1.54, 1.807) is 24.0 Å². The fourth-order valence-corrected chi connectivity index (χ4v) is 4.11. The largest absolute Gasteiger partial charge is 0.339 e. The average Bonchev–Trinajstić information content (AvgIpc) is 3.35. The first-order valence-electron chi connectivity index (χ1n) is 8.67. The van der Waals surface area contributed by atoms with Gasteiger partial charge in [-0.15, -0.1) is 5.10 Å². The molecule has 1 aromatic carbocycles. The van der Waals surface area contributed by atoms with Gasteiger partial charge in [0, 0.05) is 32.1 Å². The molecule has 0 bridgehead atoms. The van der Waals surface area contributed by atoms with Crippen LogP contribution in [0.5, 0.6) is 0 Å². The highest BCUT2D eigenvalue weighted by atomic mass is 32.1. The van der Waals surface area contributed by atoms with Gasteiger partial charge in [0.15, 0.2) is 0 Å². The van der Waals surface area contributed by atoms with Crippen LogP contribution < -0.4 is 0 Å². The van der Waals surface area contributed by atoms with Crippen LogP contribution in [0.3, 0.4) is 0 Å². The standard InChI is InChI=1S/C18H19FN4O2S/c1-11-16(26-21-20-11)18(25)23-8-6-22(7-9-23)17(24)15-10-14(15)12-2-4-13(19)5-3-12/h2-5,14-15H,6-10H2,1H3. The van der Waals surface area contributed by atoms with E-state index in [1.807, 2.05) is 4.90 Å². The van der Waals surface area contributed by atoms with Gasteiger partial charge in [0.2, 0.25) is 5.91 Å². The van der Waals surface area contributed by atoms with Crippen molar-refractivity contribution in [2.24, 2.45) is 5.92 Å². The summed E-state index contributed by atoms with van der Waals surface area (Å²) in [6.45, 7) is 3.91. The van der Waals surface area contributed by atoms with Crippen molar-refractivity contribution < 1.29 is 14.0 Å². The van der Waals surface area contributed by atoms with Crippen molar-refractivity contribution in [3.63, 3.8) is 0 Å². The summed E-state index contributed by atoms with van der Waals surface area (Å²) in [5, 5.41) is 3.88. The molecule has 2 aromatic rings. The number of nitrogens with zero attached hydrogens (tertiary/aromatic N) is 4. The van der Waals surface area contributed by atoms with Crippen molar-refractivity contribution in [3.05, 3.63) is 46.2 Å². The highest BCUT2D eigenvalue weighted by Gasteiger charge is 2.46. The number of hydrogen-bond donors (Lipinski definition) is 0. The summed E-state index contributed by atoms with van der Waals surface area (Å²) in [7, 11) is 0. The van der Waals surface area contributed by atoms with E-state index in [1.165, 1.54) is 12.1 Å². The molecule has 2 heterocycles. The van der Waals surface area contributed by atoms with Crippen LogP contribution >= 0.6 is 11.5 Å². The van der Waals surface area contributed by atoms with Crippen LogP contribution in [0.2, 0.25) is 0 Å². The summed E-state index contributed by atoms with van der Waals surface area (Å²) in [6, 6.07) is 6.40. The third kappa shape index (κ3) is 3.21. The minimum Gasteiger partial charge on any atom is -0.339 e. The Kier molecular flexibility index (Phi) is 4.44. The minimum absolute atomic E-state index is 0.0179. The van der Waals surface area contributed by atoms with Gasteiger partial charge in [-0.3, -0.25) is 9.59 Å². The molecule has 8 heteroatoms. The van der Waals surface area contributed by atoms with Crippen LogP contribution in [0.4, 0.5) is 4.39 Å². The summed E-state index contributed by atoms with van der Waals surface area (Å²) in [4.78, 5) is 29.4. The molecule has 136 valence electrons. The zero-order valence-corrected chi connectivity index (χ0v) is 15.2. The molecular weight excluding hydrogens is 355 g/mol. The van der Waals surface area contributed by atoms with Gasteiger partial charge in [0.1, 0.15) is 10.7 Å². The van der Waals surface area contributed by atoms with Gasteiger partial charge in [-0.05, 0) is 48.5 Å². The molecule has 0 spiro atoms. The van der Waals surface area contributed by atoms with Gasteiger partial charge in [0.25, 0.3) is 5.91 Å². The van der Waals surface area contributed by atoms with Gasteiger partial charge in [-0.1, -0.05) is 16.6 Å². The molecule has 1 aliphatic heterocycles. The maximum absolute atomic E-state index is 13.0. The lowest BCUT2D eigenvalue weighted by Crippen LogP contribution is -2.51. The second-order valence-corrected chi connectivity index (χ2v) is 7.56. The first kappa shape index (κ1) is 17.1. The van der Waals surface area contributed by atoms with E-state index in [2.05, 4.69) is 9.59 Å². The van der Waals surface area contributed by atoms with E-state index < -0.39 is 0 Å². The van der Waals surface area contributed by atoms with E-state index >= 15 is 0 Å². The van der Waals surface area contributed by atoms with Crippen LogP contribution in [0.1, 0.15) is 33.3 Å². The molecule has 1 aromatic heterocycles. The van der Waals surface area contributed by atoms with Crippen molar-refractivity contribution in [2.75, 3.05) is 26.2 Å². The Bertz CT molecular complexity index is 830. The van der Waals surface area contributed by atoms with Crippen molar-refractivity contribution in [1.82, 2.24) is 19.4 Å².